The Bertz CT molecular complexity index is 612. The minimum atomic E-state index is -0.941. The van der Waals surface area contributed by atoms with Gasteiger partial charge in [0, 0.05) is 4.70 Å². The number of aromatic carboxylic acids is 1. The minimum Gasteiger partial charge on any atom is -0.477 e. The summed E-state index contributed by atoms with van der Waals surface area (Å²) < 4.78 is 5.48. The topological polar surface area (TPSA) is 63.6 Å². The van der Waals surface area contributed by atoms with Gasteiger partial charge in [-0.05, 0) is 36.1 Å². The van der Waals surface area contributed by atoms with Crippen LogP contribution >= 0.6 is 11.3 Å². The molecule has 0 aliphatic rings. The first-order valence-electron chi connectivity index (χ1n) is 4.89. The molecule has 0 radical (unpaired) electrons. The van der Waals surface area contributed by atoms with Gasteiger partial charge < -0.3 is 9.84 Å². The molecule has 0 aliphatic carbocycles. The van der Waals surface area contributed by atoms with Gasteiger partial charge in [0.05, 0.1) is 12.7 Å². The molecule has 1 N–H and O–H groups in total. The number of methoxy groups -OCH3 is 1. The number of hydrogen-bond donors (Lipinski definition) is 1. The Labute approximate surface area is 101 Å². The Hall–Kier alpha value is -1.88. The van der Waals surface area contributed by atoms with Gasteiger partial charge in [-0.15, -0.1) is 11.3 Å². The number of aryl methyl sites for hydroxylation is 1. The van der Waals surface area contributed by atoms with Crippen LogP contribution in [0.5, 0.6) is 0 Å². The van der Waals surface area contributed by atoms with Gasteiger partial charge in [-0.1, -0.05) is 0 Å². The Balaban J connectivity index is 2.65. The molecule has 0 bridgehead atoms. The molecule has 1 aromatic heterocycles. The van der Waals surface area contributed by atoms with Gasteiger partial charge in [-0.2, -0.15) is 0 Å². The van der Waals surface area contributed by atoms with Gasteiger partial charge in [0.25, 0.3) is 0 Å². The van der Waals surface area contributed by atoms with Crippen molar-refractivity contribution in [3.05, 3.63) is 34.2 Å². The average molecular weight is 250 g/mol. The molecule has 88 valence electrons. The van der Waals surface area contributed by atoms with Crippen molar-refractivity contribution in [1.82, 2.24) is 0 Å². The van der Waals surface area contributed by atoms with Crippen LogP contribution in [0.4, 0.5) is 0 Å². The van der Waals surface area contributed by atoms with Crippen LogP contribution in [0.1, 0.15) is 25.6 Å². The van der Waals surface area contributed by atoms with Crippen molar-refractivity contribution < 1.29 is 19.4 Å². The van der Waals surface area contributed by atoms with E-state index in [1.54, 1.807) is 25.1 Å². The van der Waals surface area contributed by atoms with Crippen LogP contribution in [0, 0.1) is 6.92 Å². The molecule has 0 aliphatic heterocycles. The second kappa shape index (κ2) is 4.18. The number of benzene rings is 1. The van der Waals surface area contributed by atoms with E-state index in [-0.39, 0.29) is 0 Å². The van der Waals surface area contributed by atoms with E-state index in [0.29, 0.717) is 16.0 Å². The number of carbonyl (C=O) groups excluding carboxylic acids is 1. The second-order valence-corrected chi connectivity index (χ2v) is 4.62. The van der Waals surface area contributed by atoms with E-state index in [2.05, 4.69) is 4.74 Å². The molecule has 0 amide bonds. The fourth-order valence-electron chi connectivity index (χ4n) is 1.67. The zero-order valence-corrected chi connectivity index (χ0v) is 10.1. The third-order valence-corrected chi connectivity index (χ3v) is 3.81. The van der Waals surface area contributed by atoms with Crippen molar-refractivity contribution >= 4 is 33.4 Å². The number of carboxylic acid groups (broad SMARTS) is 1. The van der Waals surface area contributed by atoms with Gasteiger partial charge in [0.1, 0.15) is 4.88 Å². The van der Waals surface area contributed by atoms with Gasteiger partial charge >= 0.3 is 11.9 Å². The number of carbonyl (C=O) groups is 2. The van der Waals surface area contributed by atoms with Crippen LogP contribution in [-0.4, -0.2) is 24.2 Å². The number of fused-ring (bicyclic) bond motifs is 1. The lowest BCUT2D eigenvalue weighted by Crippen LogP contribution is -2.00. The van der Waals surface area contributed by atoms with Gasteiger partial charge in [-0.25, -0.2) is 9.59 Å². The molecule has 2 rings (SSSR count). The van der Waals surface area contributed by atoms with Crippen molar-refractivity contribution in [2.24, 2.45) is 0 Å². The number of esters is 1. The highest BCUT2D eigenvalue weighted by atomic mass is 32.1. The number of thiophene rings is 1. The fourth-order valence-corrected chi connectivity index (χ4v) is 2.70. The molecule has 0 atom stereocenters. The second-order valence-electron chi connectivity index (χ2n) is 3.56. The lowest BCUT2D eigenvalue weighted by Gasteiger charge is -1.99. The molecule has 0 saturated carbocycles. The molecule has 5 heteroatoms. The highest BCUT2D eigenvalue weighted by molar-refractivity contribution is 7.21. The fraction of sp³-hybridized carbons (Fsp3) is 0.167. The third kappa shape index (κ3) is 1.89. The van der Waals surface area contributed by atoms with E-state index in [1.165, 1.54) is 18.4 Å². The first-order valence-corrected chi connectivity index (χ1v) is 5.71. The molecule has 1 heterocycles. The maximum atomic E-state index is 11.4. The molecule has 0 fully saturated rings. The standard InChI is InChI=1S/C12H10O4S/c1-6-8-5-7(12(15)16-2)3-4-9(8)17-10(6)11(13)14/h3-5H,1-2H3,(H,13,14). The zero-order chi connectivity index (χ0) is 12.6. The number of hydrogen-bond acceptors (Lipinski definition) is 4. The average Bonchev–Trinajstić information content (AvgIpc) is 2.65. The number of carboxylic acids is 1. The summed E-state index contributed by atoms with van der Waals surface area (Å²) in [7, 11) is 1.32. The predicted octanol–water partition coefficient (Wildman–Crippen LogP) is 2.69. The van der Waals surface area contributed by atoms with E-state index in [0.717, 1.165) is 10.1 Å². The third-order valence-electron chi connectivity index (χ3n) is 2.55. The summed E-state index contributed by atoms with van der Waals surface area (Å²) in [5.41, 5.74) is 1.11. The van der Waals surface area contributed by atoms with Crippen molar-refractivity contribution in [3.8, 4) is 0 Å². The van der Waals surface area contributed by atoms with Crippen LogP contribution in [-0.2, 0) is 4.74 Å². The Kier molecular flexibility index (Phi) is 2.85. The first-order chi connectivity index (χ1) is 8.04. The van der Waals surface area contributed by atoms with Crippen molar-refractivity contribution in [1.29, 1.82) is 0 Å². The predicted molar refractivity (Wildman–Crippen MR) is 64.9 cm³/mol. The molecule has 4 nitrogen and oxygen atoms in total. The first kappa shape index (κ1) is 11.6. The SMILES string of the molecule is COC(=O)c1ccc2sc(C(=O)O)c(C)c2c1. The lowest BCUT2D eigenvalue weighted by atomic mass is 10.1. The smallest absolute Gasteiger partial charge is 0.346 e. The van der Waals surface area contributed by atoms with Crippen molar-refractivity contribution in [2.75, 3.05) is 7.11 Å². The molecule has 0 unspecified atom stereocenters. The highest BCUT2D eigenvalue weighted by Crippen LogP contribution is 2.31. The maximum absolute atomic E-state index is 11.4. The van der Waals surface area contributed by atoms with Crippen molar-refractivity contribution in [2.45, 2.75) is 6.92 Å². The monoisotopic (exact) mass is 250 g/mol. The Morgan fingerprint density at radius 1 is 1.35 bits per heavy atom. The van der Waals surface area contributed by atoms with E-state index in [4.69, 9.17) is 5.11 Å². The molecular formula is C12H10O4S. The largest absolute Gasteiger partial charge is 0.477 e. The summed E-state index contributed by atoms with van der Waals surface area (Å²) in [6.07, 6.45) is 0. The molecule has 17 heavy (non-hydrogen) atoms. The summed E-state index contributed by atoms with van der Waals surface area (Å²) in [5, 5.41) is 9.80. The van der Waals surface area contributed by atoms with Gasteiger partial charge in [-0.3, -0.25) is 0 Å². The number of rotatable bonds is 2. The Morgan fingerprint density at radius 2 is 2.06 bits per heavy atom. The number of ether oxygens (including phenoxy) is 1. The molecule has 0 saturated heterocycles. The zero-order valence-electron chi connectivity index (χ0n) is 9.31. The Morgan fingerprint density at radius 3 is 2.65 bits per heavy atom. The summed E-state index contributed by atoms with van der Waals surface area (Å²) in [6, 6.07) is 5.04. The summed E-state index contributed by atoms with van der Waals surface area (Å²) >= 11 is 1.21. The van der Waals surface area contributed by atoms with Crippen LogP contribution in [0.15, 0.2) is 18.2 Å². The van der Waals surface area contributed by atoms with E-state index < -0.39 is 11.9 Å². The van der Waals surface area contributed by atoms with Crippen LogP contribution in [0.3, 0.4) is 0 Å². The molecule has 2 aromatic rings. The summed E-state index contributed by atoms with van der Waals surface area (Å²) in [4.78, 5) is 22.7. The molecule has 0 spiro atoms. The minimum absolute atomic E-state index is 0.307. The molecule has 1 aromatic carbocycles. The van der Waals surface area contributed by atoms with E-state index in [1.807, 2.05) is 0 Å². The lowest BCUT2D eigenvalue weighted by molar-refractivity contribution is 0.0600. The highest BCUT2D eigenvalue weighted by Gasteiger charge is 2.16. The summed E-state index contributed by atoms with van der Waals surface area (Å²) in [6.45, 7) is 1.74. The van der Waals surface area contributed by atoms with E-state index >= 15 is 0 Å². The summed E-state index contributed by atoms with van der Waals surface area (Å²) in [5.74, 6) is -1.36. The quantitative estimate of drug-likeness (QED) is 0.832. The normalized spacial score (nSPS) is 10.5. The van der Waals surface area contributed by atoms with E-state index in [9.17, 15) is 9.59 Å². The van der Waals surface area contributed by atoms with Crippen LogP contribution in [0.2, 0.25) is 0 Å². The van der Waals surface area contributed by atoms with Crippen molar-refractivity contribution in [3.63, 3.8) is 0 Å². The van der Waals surface area contributed by atoms with Crippen LogP contribution < -0.4 is 0 Å². The van der Waals surface area contributed by atoms with Gasteiger partial charge in [0.15, 0.2) is 0 Å². The molecular weight excluding hydrogens is 240 g/mol. The van der Waals surface area contributed by atoms with Crippen LogP contribution in [0.25, 0.3) is 10.1 Å². The van der Waals surface area contributed by atoms with Gasteiger partial charge in [0.2, 0.25) is 0 Å². The maximum Gasteiger partial charge on any atom is 0.346 e.